The lowest BCUT2D eigenvalue weighted by molar-refractivity contribution is 0.184. The highest BCUT2D eigenvalue weighted by Crippen LogP contribution is 2.23. The summed E-state index contributed by atoms with van der Waals surface area (Å²) in [7, 11) is 0. The van der Waals surface area contributed by atoms with Crippen LogP contribution in [0.25, 0.3) is 22.5 Å². The lowest BCUT2D eigenvalue weighted by atomic mass is 10.0. The molecule has 3 nitrogen and oxygen atoms in total. The number of rotatable bonds is 17. The van der Waals surface area contributed by atoms with Gasteiger partial charge in [-0.1, -0.05) is 95.9 Å². The predicted octanol–water partition coefficient (Wildman–Crippen LogP) is 9.40. The topological polar surface area (TPSA) is 35.0 Å². The van der Waals surface area contributed by atoms with E-state index in [0.29, 0.717) is 18.0 Å². The van der Waals surface area contributed by atoms with Crippen molar-refractivity contribution in [3.05, 3.63) is 66.5 Å². The molecule has 3 aromatic rings. The molecule has 0 saturated heterocycles. The van der Waals surface area contributed by atoms with Crippen LogP contribution in [0.2, 0.25) is 0 Å². The van der Waals surface area contributed by atoms with E-state index >= 15 is 0 Å². The van der Waals surface area contributed by atoms with Crippen LogP contribution in [0.1, 0.15) is 90.0 Å². The summed E-state index contributed by atoms with van der Waals surface area (Å²) in [6.07, 6.45) is 16.7. The second-order valence-corrected chi connectivity index (χ2v) is 9.79. The summed E-state index contributed by atoms with van der Waals surface area (Å²) in [4.78, 5) is 9.12. The Morgan fingerprint density at radius 1 is 0.667 bits per heavy atom. The molecule has 0 bridgehead atoms. The van der Waals surface area contributed by atoms with Crippen LogP contribution in [0.4, 0.5) is 4.39 Å². The van der Waals surface area contributed by atoms with Crippen molar-refractivity contribution in [3.63, 3.8) is 0 Å². The molecule has 0 spiro atoms. The number of hydrogen-bond donors (Lipinski definition) is 0. The van der Waals surface area contributed by atoms with Crippen LogP contribution in [0.15, 0.2) is 60.9 Å². The van der Waals surface area contributed by atoms with Crippen LogP contribution in [0.5, 0.6) is 5.75 Å². The zero-order valence-corrected chi connectivity index (χ0v) is 22.2. The first-order valence-corrected chi connectivity index (χ1v) is 14.0. The highest BCUT2D eigenvalue weighted by atomic mass is 19.1. The largest absolute Gasteiger partial charge is 0.491 e. The van der Waals surface area contributed by atoms with E-state index in [-0.39, 0.29) is 6.61 Å². The summed E-state index contributed by atoms with van der Waals surface area (Å²) in [5, 5.41) is 0. The van der Waals surface area contributed by atoms with Crippen LogP contribution in [0, 0.1) is 0 Å². The quantitative estimate of drug-likeness (QED) is 0.177. The molecule has 1 atom stereocenters. The van der Waals surface area contributed by atoms with Gasteiger partial charge in [0.15, 0.2) is 5.82 Å². The van der Waals surface area contributed by atoms with E-state index in [1.807, 2.05) is 36.7 Å². The Morgan fingerprint density at radius 2 is 1.25 bits per heavy atom. The van der Waals surface area contributed by atoms with Crippen LogP contribution in [-0.4, -0.2) is 22.7 Å². The number of unbranched alkanes of at least 4 members (excludes halogenated alkanes) is 8. The molecule has 0 aliphatic rings. The molecule has 1 heterocycles. The lowest BCUT2D eigenvalue weighted by Crippen LogP contribution is -2.12. The molecule has 36 heavy (non-hydrogen) atoms. The minimum Gasteiger partial charge on any atom is -0.491 e. The van der Waals surface area contributed by atoms with Crippen molar-refractivity contribution in [2.75, 3.05) is 6.61 Å². The third-order valence-corrected chi connectivity index (χ3v) is 6.67. The summed E-state index contributed by atoms with van der Waals surface area (Å²) in [6, 6.07) is 16.3. The normalized spacial score (nSPS) is 12.0. The summed E-state index contributed by atoms with van der Waals surface area (Å²) < 4.78 is 19.9. The molecule has 0 aliphatic carbocycles. The molecule has 0 radical (unpaired) electrons. The Hall–Kier alpha value is -2.75. The van der Waals surface area contributed by atoms with Crippen molar-refractivity contribution in [3.8, 4) is 28.3 Å². The minimum atomic E-state index is -0.915. The zero-order chi connectivity index (χ0) is 25.4. The molecule has 0 aliphatic heterocycles. The maximum atomic E-state index is 14.2. The third kappa shape index (κ3) is 9.72. The van der Waals surface area contributed by atoms with Crippen LogP contribution in [0.3, 0.4) is 0 Å². The summed E-state index contributed by atoms with van der Waals surface area (Å²) in [5.41, 5.74) is 4.41. The minimum absolute atomic E-state index is 0.109. The van der Waals surface area contributed by atoms with Gasteiger partial charge in [-0.25, -0.2) is 14.4 Å². The van der Waals surface area contributed by atoms with Gasteiger partial charge in [-0.05, 0) is 54.7 Å². The van der Waals surface area contributed by atoms with Gasteiger partial charge in [0.1, 0.15) is 18.5 Å². The van der Waals surface area contributed by atoms with E-state index in [2.05, 4.69) is 48.1 Å². The van der Waals surface area contributed by atoms with Gasteiger partial charge < -0.3 is 4.74 Å². The van der Waals surface area contributed by atoms with Crippen molar-refractivity contribution >= 4 is 0 Å². The molecule has 2 aromatic carbocycles. The number of nitrogens with zero attached hydrogens (tertiary/aromatic N) is 2. The second kappa shape index (κ2) is 16.1. The fourth-order valence-electron chi connectivity index (χ4n) is 4.34. The standard InChI is InChI=1S/C32H43FN2O/c1-3-5-7-8-9-10-11-12-14-30(33)25-36-31-21-19-28(20-22-31)32-34-23-29(24-35-32)27-17-15-26(16-18-27)13-6-4-2/h15-24,30H,3-14,25H2,1-2H3. The van der Waals surface area contributed by atoms with Crippen LogP contribution >= 0.6 is 0 Å². The molecule has 0 N–H and O–H groups in total. The Labute approximate surface area is 217 Å². The molecule has 4 heteroatoms. The Bertz CT molecular complexity index is 971. The maximum absolute atomic E-state index is 14.2. The smallest absolute Gasteiger partial charge is 0.159 e. The number of ether oxygens (including phenoxy) is 1. The first-order chi connectivity index (χ1) is 17.7. The molecular formula is C32H43FN2O. The monoisotopic (exact) mass is 490 g/mol. The zero-order valence-electron chi connectivity index (χ0n) is 22.2. The number of hydrogen-bond acceptors (Lipinski definition) is 3. The second-order valence-electron chi connectivity index (χ2n) is 9.79. The van der Waals surface area contributed by atoms with Crippen molar-refractivity contribution in [1.82, 2.24) is 9.97 Å². The molecule has 1 unspecified atom stereocenters. The van der Waals surface area contributed by atoms with Gasteiger partial charge in [0.2, 0.25) is 0 Å². The first-order valence-electron chi connectivity index (χ1n) is 14.0. The highest BCUT2D eigenvalue weighted by molar-refractivity contribution is 5.64. The van der Waals surface area contributed by atoms with Gasteiger partial charge >= 0.3 is 0 Å². The molecule has 194 valence electrons. The average molecular weight is 491 g/mol. The van der Waals surface area contributed by atoms with Crippen molar-refractivity contribution in [2.24, 2.45) is 0 Å². The predicted molar refractivity (Wildman–Crippen MR) is 149 cm³/mol. The van der Waals surface area contributed by atoms with E-state index < -0.39 is 6.17 Å². The number of aryl methyl sites for hydroxylation is 1. The average Bonchev–Trinajstić information content (AvgIpc) is 2.93. The van der Waals surface area contributed by atoms with Gasteiger partial charge in [0.25, 0.3) is 0 Å². The number of halogens is 1. The van der Waals surface area contributed by atoms with E-state index in [0.717, 1.165) is 36.0 Å². The fraction of sp³-hybridized carbons (Fsp3) is 0.500. The Balaban J connectivity index is 1.40. The van der Waals surface area contributed by atoms with Crippen LogP contribution < -0.4 is 4.74 Å². The molecule has 1 aromatic heterocycles. The van der Waals surface area contributed by atoms with E-state index in [1.54, 1.807) is 0 Å². The number of alkyl halides is 1. The molecule has 0 amide bonds. The van der Waals surface area contributed by atoms with Crippen LogP contribution in [-0.2, 0) is 6.42 Å². The highest BCUT2D eigenvalue weighted by Gasteiger charge is 2.09. The lowest BCUT2D eigenvalue weighted by Gasteiger charge is -2.11. The molecule has 3 rings (SSSR count). The Morgan fingerprint density at radius 3 is 1.89 bits per heavy atom. The molecule has 0 fully saturated rings. The van der Waals surface area contributed by atoms with E-state index in [4.69, 9.17) is 4.74 Å². The van der Waals surface area contributed by atoms with Gasteiger partial charge in [-0.2, -0.15) is 0 Å². The Kier molecular flexibility index (Phi) is 12.4. The van der Waals surface area contributed by atoms with Gasteiger partial charge in [0, 0.05) is 23.5 Å². The third-order valence-electron chi connectivity index (χ3n) is 6.67. The van der Waals surface area contributed by atoms with Crippen molar-refractivity contribution < 1.29 is 9.13 Å². The number of benzene rings is 2. The van der Waals surface area contributed by atoms with Gasteiger partial charge in [-0.15, -0.1) is 0 Å². The van der Waals surface area contributed by atoms with Gasteiger partial charge in [-0.3, -0.25) is 0 Å². The summed E-state index contributed by atoms with van der Waals surface area (Å²) in [5.74, 6) is 1.35. The van der Waals surface area contributed by atoms with E-state index in [9.17, 15) is 4.39 Å². The maximum Gasteiger partial charge on any atom is 0.159 e. The first kappa shape index (κ1) is 27.8. The van der Waals surface area contributed by atoms with Crippen molar-refractivity contribution in [1.29, 1.82) is 0 Å². The van der Waals surface area contributed by atoms with Crippen molar-refractivity contribution in [2.45, 2.75) is 97.1 Å². The SMILES string of the molecule is CCCCCCCCCCC(F)COc1ccc(-c2ncc(-c3ccc(CCCC)cc3)cn2)cc1. The summed E-state index contributed by atoms with van der Waals surface area (Å²) >= 11 is 0. The number of aromatic nitrogens is 2. The van der Waals surface area contributed by atoms with Gasteiger partial charge in [0.05, 0.1) is 0 Å². The summed E-state index contributed by atoms with van der Waals surface area (Å²) in [6.45, 7) is 4.56. The molecule has 0 saturated carbocycles. The van der Waals surface area contributed by atoms with E-state index in [1.165, 1.54) is 56.9 Å². The fourth-order valence-corrected chi connectivity index (χ4v) is 4.34. The molecular weight excluding hydrogens is 447 g/mol.